The van der Waals surface area contributed by atoms with Crippen LogP contribution in [0.1, 0.15) is 0 Å². The molecule has 2 nitrogen and oxygen atoms in total. The van der Waals surface area contributed by atoms with Crippen molar-refractivity contribution in [1.82, 2.24) is 0 Å². The standard InChI is InChI=1S/C13H12O2/c1-15-13-9-5-3-7-11(13)10-6-2-4-8-12(10)14/h2-9,14H,1H3/p-1. The van der Waals surface area contributed by atoms with Crippen molar-refractivity contribution in [3.63, 3.8) is 0 Å². The third kappa shape index (κ3) is 1.79. The van der Waals surface area contributed by atoms with E-state index in [4.69, 9.17) is 4.74 Å². The molecule has 0 heterocycles. The number of hydrogen-bond donors (Lipinski definition) is 0. The molecular formula is C13H11O2-. The van der Waals surface area contributed by atoms with Crippen LogP contribution in [0.3, 0.4) is 0 Å². The summed E-state index contributed by atoms with van der Waals surface area (Å²) in [5, 5.41) is 11.6. The maximum atomic E-state index is 11.6. The SMILES string of the molecule is COc1ccccc1-c1ccccc1[O-]. The lowest BCUT2D eigenvalue weighted by Gasteiger charge is -2.15. The monoisotopic (exact) mass is 199 g/mol. The molecule has 2 aromatic carbocycles. The van der Waals surface area contributed by atoms with Gasteiger partial charge in [-0.3, -0.25) is 0 Å². The molecule has 0 aliphatic carbocycles. The molecule has 0 spiro atoms. The summed E-state index contributed by atoms with van der Waals surface area (Å²) in [6.45, 7) is 0. The molecule has 0 N–H and O–H groups in total. The summed E-state index contributed by atoms with van der Waals surface area (Å²) >= 11 is 0. The molecule has 0 bridgehead atoms. The van der Waals surface area contributed by atoms with Gasteiger partial charge in [0.05, 0.1) is 7.11 Å². The van der Waals surface area contributed by atoms with Crippen LogP contribution in [0.4, 0.5) is 0 Å². The van der Waals surface area contributed by atoms with Crippen LogP contribution in [0.15, 0.2) is 48.5 Å². The number of rotatable bonds is 2. The minimum absolute atomic E-state index is 0.0157. The normalized spacial score (nSPS) is 9.93. The van der Waals surface area contributed by atoms with Crippen LogP contribution in [0, 0.1) is 0 Å². The van der Waals surface area contributed by atoms with Gasteiger partial charge in [-0.2, -0.15) is 0 Å². The van der Waals surface area contributed by atoms with Crippen molar-refractivity contribution in [3.8, 4) is 22.6 Å². The maximum Gasteiger partial charge on any atom is 0.126 e. The van der Waals surface area contributed by atoms with E-state index in [1.54, 1.807) is 25.3 Å². The molecule has 0 atom stereocenters. The van der Waals surface area contributed by atoms with Crippen LogP contribution < -0.4 is 9.84 Å². The lowest BCUT2D eigenvalue weighted by atomic mass is 10.0. The van der Waals surface area contributed by atoms with Gasteiger partial charge in [-0.05, 0) is 11.6 Å². The number of para-hydroxylation sites is 2. The van der Waals surface area contributed by atoms with E-state index < -0.39 is 0 Å². The summed E-state index contributed by atoms with van der Waals surface area (Å²) < 4.78 is 5.22. The summed E-state index contributed by atoms with van der Waals surface area (Å²) in [4.78, 5) is 0. The van der Waals surface area contributed by atoms with Crippen molar-refractivity contribution in [2.75, 3.05) is 7.11 Å². The summed E-state index contributed by atoms with van der Waals surface area (Å²) in [5.74, 6) is 0.739. The van der Waals surface area contributed by atoms with Gasteiger partial charge in [0.15, 0.2) is 0 Å². The first-order valence-corrected chi connectivity index (χ1v) is 4.72. The Kier molecular flexibility index (Phi) is 2.59. The Hall–Kier alpha value is -1.96. The largest absolute Gasteiger partial charge is 0.872 e. The highest BCUT2D eigenvalue weighted by atomic mass is 16.5. The zero-order chi connectivity index (χ0) is 10.7. The van der Waals surface area contributed by atoms with Gasteiger partial charge in [-0.25, -0.2) is 0 Å². The van der Waals surface area contributed by atoms with E-state index in [-0.39, 0.29) is 5.75 Å². The van der Waals surface area contributed by atoms with Crippen LogP contribution >= 0.6 is 0 Å². The Bertz CT molecular complexity index is 464. The zero-order valence-electron chi connectivity index (χ0n) is 8.44. The average Bonchev–Trinajstić information content (AvgIpc) is 2.30. The first-order chi connectivity index (χ1) is 7.33. The average molecular weight is 199 g/mol. The fraction of sp³-hybridized carbons (Fsp3) is 0.0769. The van der Waals surface area contributed by atoms with Crippen LogP contribution in [0.2, 0.25) is 0 Å². The van der Waals surface area contributed by atoms with E-state index in [1.165, 1.54) is 0 Å². The summed E-state index contributed by atoms with van der Waals surface area (Å²) in [6.07, 6.45) is 0. The predicted molar refractivity (Wildman–Crippen MR) is 57.9 cm³/mol. The second-order valence-corrected chi connectivity index (χ2v) is 3.20. The van der Waals surface area contributed by atoms with Gasteiger partial charge >= 0.3 is 0 Å². The van der Waals surface area contributed by atoms with Crippen LogP contribution in [-0.2, 0) is 0 Å². The number of ether oxygens (including phenoxy) is 1. The van der Waals surface area contributed by atoms with E-state index in [1.807, 2.05) is 30.3 Å². The molecule has 0 aliphatic rings. The molecule has 0 amide bonds. The molecule has 0 saturated heterocycles. The molecule has 0 radical (unpaired) electrons. The van der Waals surface area contributed by atoms with E-state index in [2.05, 4.69) is 0 Å². The predicted octanol–water partition coefficient (Wildman–Crippen LogP) is 2.44. The molecule has 0 saturated carbocycles. The minimum Gasteiger partial charge on any atom is -0.872 e. The topological polar surface area (TPSA) is 32.3 Å². The van der Waals surface area contributed by atoms with Crippen molar-refractivity contribution in [3.05, 3.63) is 48.5 Å². The molecule has 0 unspecified atom stereocenters. The fourth-order valence-electron chi connectivity index (χ4n) is 1.56. The van der Waals surface area contributed by atoms with Gasteiger partial charge < -0.3 is 9.84 Å². The van der Waals surface area contributed by atoms with Crippen LogP contribution in [0.5, 0.6) is 11.5 Å². The Balaban J connectivity index is 2.59. The molecule has 2 aromatic rings. The molecule has 2 rings (SSSR count). The van der Waals surface area contributed by atoms with E-state index in [0.29, 0.717) is 5.56 Å². The fourth-order valence-corrected chi connectivity index (χ4v) is 1.56. The molecule has 0 fully saturated rings. The number of hydrogen-bond acceptors (Lipinski definition) is 2. The lowest BCUT2D eigenvalue weighted by molar-refractivity contribution is -0.267. The molecule has 0 aromatic heterocycles. The Morgan fingerprint density at radius 3 is 2.13 bits per heavy atom. The van der Waals surface area contributed by atoms with E-state index >= 15 is 0 Å². The highest BCUT2D eigenvalue weighted by molar-refractivity contribution is 5.74. The van der Waals surface area contributed by atoms with Crippen molar-refractivity contribution < 1.29 is 9.84 Å². The first kappa shape index (κ1) is 9.59. The minimum atomic E-state index is 0.0157. The molecule has 0 aliphatic heterocycles. The van der Waals surface area contributed by atoms with E-state index in [9.17, 15) is 5.11 Å². The molecule has 76 valence electrons. The summed E-state index contributed by atoms with van der Waals surface area (Å²) in [5.41, 5.74) is 1.51. The van der Waals surface area contributed by atoms with Crippen LogP contribution in [0.25, 0.3) is 11.1 Å². The maximum absolute atomic E-state index is 11.6. The van der Waals surface area contributed by atoms with Gasteiger partial charge in [-0.15, -0.1) is 5.75 Å². The lowest BCUT2D eigenvalue weighted by Crippen LogP contribution is -1.94. The first-order valence-electron chi connectivity index (χ1n) is 4.72. The Labute approximate surface area is 88.8 Å². The van der Waals surface area contributed by atoms with Crippen molar-refractivity contribution in [2.45, 2.75) is 0 Å². The summed E-state index contributed by atoms with van der Waals surface area (Å²) in [6, 6.07) is 14.5. The van der Waals surface area contributed by atoms with Gasteiger partial charge in [0.25, 0.3) is 0 Å². The summed E-state index contributed by atoms with van der Waals surface area (Å²) in [7, 11) is 1.60. The molecular weight excluding hydrogens is 188 g/mol. The third-order valence-corrected chi connectivity index (χ3v) is 2.28. The molecule has 2 heteroatoms. The highest BCUT2D eigenvalue weighted by Crippen LogP contribution is 2.33. The van der Waals surface area contributed by atoms with Gasteiger partial charge in [0.1, 0.15) is 5.75 Å². The zero-order valence-corrected chi connectivity index (χ0v) is 8.44. The van der Waals surface area contributed by atoms with Gasteiger partial charge in [-0.1, -0.05) is 42.5 Å². The second kappa shape index (κ2) is 4.05. The highest BCUT2D eigenvalue weighted by Gasteiger charge is 2.03. The van der Waals surface area contributed by atoms with Crippen molar-refractivity contribution >= 4 is 0 Å². The van der Waals surface area contributed by atoms with E-state index in [0.717, 1.165) is 11.3 Å². The van der Waals surface area contributed by atoms with Gasteiger partial charge in [0.2, 0.25) is 0 Å². The third-order valence-electron chi connectivity index (χ3n) is 2.28. The van der Waals surface area contributed by atoms with Crippen LogP contribution in [-0.4, -0.2) is 7.11 Å². The second-order valence-electron chi connectivity index (χ2n) is 3.20. The number of methoxy groups -OCH3 is 1. The quantitative estimate of drug-likeness (QED) is 0.744. The number of benzene rings is 2. The molecule has 15 heavy (non-hydrogen) atoms. The Morgan fingerprint density at radius 1 is 0.867 bits per heavy atom. The van der Waals surface area contributed by atoms with Gasteiger partial charge in [0, 0.05) is 5.56 Å². The smallest absolute Gasteiger partial charge is 0.126 e. The van der Waals surface area contributed by atoms with Crippen molar-refractivity contribution in [1.29, 1.82) is 0 Å². The van der Waals surface area contributed by atoms with Crippen molar-refractivity contribution in [2.24, 2.45) is 0 Å². The Morgan fingerprint density at radius 2 is 1.47 bits per heavy atom.